The fourth-order valence-corrected chi connectivity index (χ4v) is 3.80. The molecule has 0 bridgehead atoms. The minimum absolute atomic E-state index is 0.0371. The second-order valence-corrected chi connectivity index (χ2v) is 8.48. The van der Waals surface area contributed by atoms with Gasteiger partial charge in [0.25, 0.3) is 11.8 Å². The number of nitrogens with one attached hydrogen (secondary N) is 1. The van der Waals surface area contributed by atoms with Gasteiger partial charge in [0.15, 0.2) is 0 Å². The summed E-state index contributed by atoms with van der Waals surface area (Å²) in [6.07, 6.45) is 0.0371. The molecule has 0 saturated carbocycles. The van der Waals surface area contributed by atoms with Gasteiger partial charge in [0.2, 0.25) is 0 Å². The third kappa shape index (κ3) is 4.96. The number of benzene rings is 3. The highest BCUT2D eigenvalue weighted by Crippen LogP contribution is 2.33. The first-order chi connectivity index (χ1) is 16.4. The van der Waals surface area contributed by atoms with E-state index in [1.807, 2.05) is 75.4 Å². The monoisotopic (exact) mass is 456 g/mol. The van der Waals surface area contributed by atoms with Crippen molar-refractivity contribution < 1.29 is 19.1 Å². The van der Waals surface area contributed by atoms with Crippen LogP contribution in [0.4, 0.5) is 5.69 Å². The van der Waals surface area contributed by atoms with Gasteiger partial charge in [0, 0.05) is 11.8 Å². The topological polar surface area (TPSA) is 67.9 Å². The van der Waals surface area contributed by atoms with Crippen molar-refractivity contribution in [1.29, 1.82) is 0 Å². The first-order valence-electron chi connectivity index (χ1n) is 11.2. The molecule has 1 aliphatic heterocycles. The molecular formula is C28H28N2O4. The smallest absolute Gasteiger partial charge is 0.278 e. The Hall–Kier alpha value is -4.06. The summed E-state index contributed by atoms with van der Waals surface area (Å²) in [5.74, 6) is 0.643. The summed E-state index contributed by atoms with van der Waals surface area (Å²) in [6, 6.07) is 22.3. The van der Waals surface area contributed by atoms with Crippen molar-refractivity contribution in [2.45, 2.75) is 33.4 Å². The van der Waals surface area contributed by atoms with Crippen molar-refractivity contribution in [3.63, 3.8) is 0 Å². The van der Waals surface area contributed by atoms with Crippen LogP contribution < -0.4 is 14.8 Å². The maximum Gasteiger partial charge on any atom is 0.278 e. The highest BCUT2D eigenvalue weighted by molar-refractivity contribution is 6.36. The molecule has 1 aliphatic rings. The summed E-state index contributed by atoms with van der Waals surface area (Å²) in [7, 11) is 1.58. The molecule has 0 atom stereocenters. The van der Waals surface area contributed by atoms with Crippen LogP contribution in [0.25, 0.3) is 5.57 Å². The van der Waals surface area contributed by atoms with Gasteiger partial charge in [-0.2, -0.15) is 0 Å². The second kappa shape index (κ2) is 9.83. The molecule has 0 aliphatic carbocycles. The molecule has 4 rings (SSSR count). The molecule has 0 unspecified atom stereocenters. The molecule has 3 aromatic rings. The van der Waals surface area contributed by atoms with Crippen LogP contribution in [0.15, 0.2) is 78.5 Å². The molecular weight excluding hydrogens is 428 g/mol. The Balaban J connectivity index is 1.71. The van der Waals surface area contributed by atoms with Gasteiger partial charge in [-0.15, -0.1) is 0 Å². The molecule has 1 heterocycles. The second-order valence-electron chi connectivity index (χ2n) is 8.48. The summed E-state index contributed by atoms with van der Waals surface area (Å²) in [4.78, 5) is 28.3. The molecule has 6 heteroatoms. The first kappa shape index (κ1) is 23.1. The average molecular weight is 457 g/mol. The van der Waals surface area contributed by atoms with E-state index in [9.17, 15) is 9.59 Å². The van der Waals surface area contributed by atoms with E-state index in [2.05, 4.69) is 5.32 Å². The van der Waals surface area contributed by atoms with Gasteiger partial charge in [0.1, 0.15) is 17.2 Å². The summed E-state index contributed by atoms with van der Waals surface area (Å²) in [6.45, 7) is 6.10. The van der Waals surface area contributed by atoms with Crippen LogP contribution in [0.5, 0.6) is 11.5 Å². The number of aryl methyl sites for hydroxylation is 1. The van der Waals surface area contributed by atoms with Crippen LogP contribution in [0.3, 0.4) is 0 Å². The number of carbonyl (C=O) groups is 2. The molecule has 0 aromatic heterocycles. The van der Waals surface area contributed by atoms with E-state index in [1.54, 1.807) is 25.3 Å². The molecule has 0 saturated heterocycles. The van der Waals surface area contributed by atoms with Gasteiger partial charge >= 0.3 is 0 Å². The third-order valence-corrected chi connectivity index (χ3v) is 5.48. The summed E-state index contributed by atoms with van der Waals surface area (Å²) < 4.78 is 11.0. The average Bonchev–Trinajstić information content (AvgIpc) is 3.05. The van der Waals surface area contributed by atoms with E-state index in [0.717, 1.165) is 11.1 Å². The van der Waals surface area contributed by atoms with Crippen LogP contribution in [0.2, 0.25) is 0 Å². The molecule has 2 amide bonds. The lowest BCUT2D eigenvalue weighted by Gasteiger charge is -2.16. The van der Waals surface area contributed by atoms with Gasteiger partial charge in [0.05, 0.1) is 25.3 Å². The zero-order valence-corrected chi connectivity index (χ0v) is 19.8. The quantitative estimate of drug-likeness (QED) is 0.473. The predicted molar refractivity (Wildman–Crippen MR) is 132 cm³/mol. The van der Waals surface area contributed by atoms with E-state index in [4.69, 9.17) is 9.47 Å². The molecule has 6 nitrogen and oxygen atoms in total. The van der Waals surface area contributed by atoms with Gasteiger partial charge in [-0.25, -0.2) is 0 Å². The Kier molecular flexibility index (Phi) is 6.68. The SMILES string of the molecule is COc1cccc(NC2=C(c3ccc(OC(C)C)cc3)C(=O)N(Cc3ccc(C)cc3)C2=O)c1. The number of carbonyl (C=O) groups excluding carboxylic acids is 2. The number of imide groups is 1. The first-order valence-corrected chi connectivity index (χ1v) is 11.2. The van der Waals surface area contributed by atoms with E-state index in [0.29, 0.717) is 28.3 Å². The molecule has 3 aromatic carbocycles. The van der Waals surface area contributed by atoms with Gasteiger partial charge in [-0.3, -0.25) is 14.5 Å². The predicted octanol–water partition coefficient (Wildman–Crippen LogP) is 5.18. The highest BCUT2D eigenvalue weighted by atomic mass is 16.5. The lowest BCUT2D eigenvalue weighted by molar-refractivity contribution is -0.137. The standard InChI is InChI=1S/C28H28N2O4/c1-18(2)34-23-14-12-21(13-15-23)25-26(29-22-6-5-7-24(16-22)33-4)28(32)30(27(25)31)17-20-10-8-19(3)9-11-20/h5-16,18,29H,17H2,1-4H3. The zero-order valence-electron chi connectivity index (χ0n) is 19.8. The Morgan fingerprint density at radius 2 is 1.59 bits per heavy atom. The fraction of sp³-hybridized carbons (Fsp3) is 0.214. The van der Waals surface area contributed by atoms with Crippen molar-refractivity contribution in [2.75, 3.05) is 12.4 Å². The lowest BCUT2D eigenvalue weighted by Crippen LogP contribution is -2.32. The molecule has 34 heavy (non-hydrogen) atoms. The maximum atomic E-state index is 13.5. The Bertz CT molecular complexity index is 1230. The van der Waals surface area contributed by atoms with Crippen molar-refractivity contribution in [2.24, 2.45) is 0 Å². The summed E-state index contributed by atoms with van der Waals surface area (Å²) in [5, 5.41) is 3.17. The van der Waals surface area contributed by atoms with Crippen LogP contribution >= 0.6 is 0 Å². The molecule has 1 N–H and O–H groups in total. The number of anilines is 1. The number of methoxy groups -OCH3 is 1. The summed E-state index contributed by atoms with van der Waals surface area (Å²) in [5.41, 5.74) is 3.87. The Morgan fingerprint density at radius 1 is 0.882 bits per heavy atom. The number of hydrogen-bond acceptors (Lipinski definition) is 5. The third-order valence-electron chi connectivity index (χ3n) is 5.48. The lowest BCUT2D eigenvalue weighted by atomic mass is 10.0. The van der Waals surface area contributed by atoms with Gasteiger partial charge < -0.3 is 14.8 Å². The molecule has 0 spiro atoms. The number of nitrogens with zero attached hydrogens (tertiary/aromatic N) is 1. The van der Waals surface area contributed by atoms with E-state index in [-0.39, 0.29) is 30.2 Å². The Labute approximate surface area is 199 Å². The maximum absolute atomic E-state index is 13.5. The van der Waals surface area contributed by atoms with Crippen molar-refractivity contribution in [1.82, 2.24) is 4.90 Å². The largest absolute Gasteiger partial charge is 0.497 e. The Morgan fingerprint density at radius 3 is 2.24 bits per heavy atom. The van der Waals surface area contributed by atoms with Crippen molar-refractivity contribution in [3.8, 4) is 11.5 Å². The van der Waals surface area contributed by atoms with E-state index in [1.165, 1.54) is 4.90 Å². The summed E-state index contributed by atoms with van der Waals surface area (Å²) >= 11 is 0. The molecule has 0 fully saturated rings. The van der Waals surface area contributed by atoms with Crippen LogP contribution in [0, 0.1) is 6.92 Å². The van der Waals surface area contributed by atoms with Gasteiger partial charge in [-0.05, 0) is 56.2 Å². The van der Waals surface area contributed by atoms with Gasteiger partial charge in [-0.1, -0.05) is 48.0 Å². The molecule has 174 valence electrons. The zero-order chi connectivity index (χ0) is 24.2. The number of rotatable bonds is 8. The van der Waals surface area contributed by atoms with Crippen molar-refractivity contribution in [3.05, 3.63) is 95.2 Å². The number of ether oxygens (including phenoxy) is 2. The normalized spacial score (nSPS) is 13.6. The number of amides is 2. The van der Waals surface area contributed by atoms with Crippen LogP contribution in [0.1, 0.15) is 30.5 Å². The van der Waals surface area contributed by atoms with Crippen molar-refractivity contribution >= 4 is 23.1 Å². The minimum Gasteiger partial charge on any atom is -0.497 e. The van der Waals surface area contributed by atoms with Crippen LogP contribution in [-0.4, -0.2) is 29.9 Å². The number of hydrogen-bond donors (Lipinski definition) is 1. The van der Waals surface area contributed by atoms with E-state index >= 15 is 0 Å². The minimum atomic E-state index is -0.370. The molecule has 0 radical (unpaired) electrons. The highest BCUT2D eigenvalue weighted by Gasteiger charge is 2.39. The fourth-order valence-electron chi connectivity index (χ4n) is 3.80. The van der Waals surface area contributed by atoms with Crippen LogP contribution in [-0.2, 0) is 16.1 Å². The van der Waals surface area contributed by atoms with E-state index < -0.39 is 0 Å².